The lowest BCUT2D eigenvalue weighted by Crippen LogP contribution is -2.48. The van der Waals surface area contributed by atoms with Gasteiger partial charge in [0.15, 0.2) is 0 Å². The standard InChI is InChI=1S/C26H36O4/c1-2-3-4-5-6-10-29-24(27)22-8-7-9-23(14-22)25(28)30-18-26-15-19-11-20(16-26)13-21(12-19)17-26/h7-9,14,19-21H,2-6,10-13,15-18H2,1H3. The van der Waals surface area contributed by atoms with Gasteiger partial charge in [0.05, 0.1) is 24.3 Å². The third kappa shape index (κ3) is 5.07. The smallest absolute Gasteiger partial charge is 0.338 e. The third-order valence-corrected chi connectivity index (χ3v) is 7.49. The maximum absolute atomic E-state index is 12.7. The molecule has 5 rings (SSSR count). The maximum atomic E-state index is 12.7. The van der Waals surface area contributed by atoms with E-state index in [-0.39, 0.29) is 17.4 Å². The van der Waals surface area contributed by atoms with E-state index in [4.69, 9.17) is 9.47 Å². The second kappa shape index (κ2) is 9.53. The number of rotatable bonds is 10. The Morgan fingerprint density at radius 1 is 0.867 bits per heavy atom. The van der Waals surface area contributed by atoms with E-state index in [9.17, 15) is 9.59 Å². The van der Waals surface area contributed by atoms with Crippen LogP contribution in [0, 0.1) is 23.2 Å². The summed E-state index contributed by atoms with van der Waals surface area (Å²) in [6.45, 7) is 3.15. The minimum atomic E-state index is -0.360. The van der Waals surface area contributed by atoms with Gasteiger partial charge in [0.1, 0.15) is 0 Å². The summed E-state index contributed by atoms with van der Waals surface area (Å²) in [4.78, 5) is 25.0. The zero-order chi connectivity index (χ0) is 21.0. The SMILES string of the molecule is CCCCCCCOC(=O)c1cccc(C(=O)OCC23CC4CC(CC(C4)C2)C3)c1. The van der Waals surface area contributed by atoms with Crippen LogP contribution in [0.1, 0.15) is 98.3 Å². The lowest BCUT2D eigenvalue weighted by molar-refractivity contribution is -0.0848. The van der Waals surface area contributed by atoms with Crippen LogP contribution in [0.4, 0.5) is 0 Å². The quantitative estimate of drug-likeness (QED) is 0.340. The fourth-order valence-electron chi connectivity index (χ4n) is 6.50. The molecule has 1 aromatic carbocycles. The van der Waals surface area contributed by atoms with Gasteiger partial charge < -0.3 is 9.47 Å². The minimum Gasteiger partial charge on any atom is -0.462 e. The van der Waals surface area contributed by atoms with Crippen molar-refractivity contribution in [3.05, 3.63) is 35.4 Å². The Balaban J connectivity index is 1.27. The highest BCUT2D eigenvalue weighted by atomic mass is 16.5. The molecule has 0 atom stereocenters. The molecule has 0 N–H and O–H groups in total. The van der Waals surface area contributed by atoms with E-state index in [0.29, 0.717) is 24.3 Å². The van der Waals surface area contributed by atoms with Crippen LogP contribution < -0.4 is 0 Å². The van der Waals surface area contributed by atoms with Crippen molar-refractivity contribution >= 4 is 11.9 Å². The van der Waals surface area contributed by atoms with Gasteiger partial charge in [-0.3, -0.25) is 0 Å². The van der Waals surface area contributed by atoms with Gasteiger partial charge >= 0.3 is 11.9 Å². The number of hydrogen-bond acceptors (Lipinski definition) is 4. The van der Waals surface area contributed by atoms with Crippen LogP contribution in [0.2, 0.25) is 0 Å². The first kappa shape index (κ1) is 21.4. The molecule has 0 saturated heterocycles. The molecule has 4 nitrogen and oxygen atoms in total. The lowest BCUT2D eigenvalue weighted by atomic mass is 9.50. The molecule has 4 bridgehead atoms. The Morgan fingerprint density at radius 2 is 1.43 bits per heavy atom. The Morgan fingerprint density at radius 3 is 2.03 bits per heavy atom. The summed E-state index contributed by atoms with van der Waals surface area (Å²) in [5, 5.41) is 0. The first-order valence-electron chi connectivity index (χ1n) is 12.0. The van der Waals surface area contributed by atoms with Crippen molar-refractivity contribution in [1.29, 1.82) is 0 Å². The van der Waals surface area contributed by atoms with Crippen LogP contribution in [0.5, 0.6) is 0 Å². The number of ether oxygens (including phenoxy) is 2. The second-order valence-electron chi connectivity index (χ2n) is 10.1. The van der Waals surface area contributed by atoms with Crippen molar-refractivity contribution in [2.75, 3.05) is 13.2 Å². The molecule has 0 aliphatic heterocycles. The van der Waals surface area contributed by atoms with E-state index in [0.717, 1.165) is 30.6 Å². The normalized spacial score (nSPS) is 29.0. The molecule has 30 heavy (non-hydrogen) atoms. The van der Waals surface area contributed by atoms with Crippen LogP contribution in [0.15, 0.2) is 24.3 Å². The third-order valence-electron chi connectivity index (χ3n) is 7.49. The molecule has 1 aromatic rings. The molecule has 4 saturated carbocycles. The number of unbranched alkanes of at least 4 members (excludes halogenated alkanes) is 4. The summed E-state index contributed by atoms with van der Waals surface area (Å²) in [5.74, 6) is 1.85. The predicted molar refractivity (Wildman–Crippen MR) is 116 cm³/mol. The molecule has 0 spiro atoms. The van der Waals surface area contributed by atoms with Gasteiger partial charge in [-0.05, 0) is 80.9 Å². The largest absolute Gasteiger partial charge is 0.462 e. The topological polar surface area (TPSA) is 52.6 Å². The van der Waals surface area contributed by atoms with Crippen molar-refractivity contribution in [2.24, 2.45) is 23.2 Å². The van der Waals surface area contributed by atoms with Crippen molar-refractivity contribution in [3.8, 4) is 0 Å². The van der Waals surface area contributed by atoms with Gasteiger partial charge in [-0.2, -0.15) is 0 Å². The van der Waals surface area contributed by atoms with E-state index in [2.05, 4.69) is 6.92 Å². The minimum absolute atomic E-state index is 0.207. The number of carbonyl (C=O) groups is 2. The first-order valence-corrected chi connectivity index (χ1v) is 12.0. The fraction of sp³-hybridized carbons (Fsp3) is 0.692. The van der Waals surface area contributed by atoms with Crippen molar-refractivity contribution in [1.82, 2.24) is 0 Å². The zero-order valence-corrected chi connectivity index (χ0v) is 18.4. The van der Waals surface area contributed by atoms with Gasteiger partial charge in [0.2, 0.25) is 0 Å². The van der Waals surface area contributed by atoms with Gasteiger partial charge in [-0.15, -0.1) is 0 Å². The molecule has 4 aliphatic rings. The monoisotopic (exact) mass is 412 g/mol. The summed E-state index contributed by atoms with van der Waals surface area (Å²) in [5.41, 5.74) is 1.07. The van der Waals surface area contributed by atoms with Crippen molar-refractivity contribution in [3.63, 3.8) is 0 Å². The lowest BCUT2D eigenvalue weighted by Gasteiger charge is -2.56. The molecular formula is C26H36O4. The highest BCUT2D eigenvalue weighted by molar-refractivity contribution is 5.95. The predicted octanol–water partition coefficient (Wildman–Crippen LogP) is 6.19. The van der Waals surface area contributed by atoms with Gasteiger partial charge in [0.25, 0.3) is 0 Å². The molecular weight excluding hydrogens is 376 g/mol. The van der Waals surface area contributed by atoms with Crippen molar-refractivity contribution < 1.29 is 19.1 Å². The summed E-state index contributed by atoms with van der Waals surface area (Å²) in [6, 6.07) is 6.78. The number of benzene rings is 1. The Bertz CT molecular complexity index is 718. The Kier molecular flexibility index (Phi) is 6.80. The first-order chi connectivity index (χ1) is 14.6. The van der Waals surface area contributed by atoms with Crippen LogP contribution in [-0.2, 0) is 9.47 Å². The van der Waals surface area contributed by atoms with Gasteiger partial charge in [-0.1, -0.05) is 38.7 Å². The van der Waals surface area contributed by atoms with E-state index < -0.39 is 0 Å². The highest BCUT2D eigenvalue weighted by Gasteiger charge is 2.51. The van der Waals surface area contributed by atoms with Crippen LogP contribution in [-0.4, -0.2) is 25.2 Å². The van der Waals surface area contributed by atoms with Crippen molar-refractivity contribution in [2.45, 2.75) is 77.6 Å². The Labute approximate surface area is 180 Å². The van der Waals surface area contributed by atoms with Gasteiger partial charge in [0, 0.05) is 5.41 Å². The number of carbonyl (C=O) groups excluding carboxylic acids is 2. The summed E-state index contributed by atoms with van der Waals surface area (Å²) in [7, 11) is 0. The number of esters is 2. The maximum Gasteiger partial charge on any atom is 0.338 e. The highest BCUT2D eigenvalue weighted by Crippen LogP contribution is 2.60. The molecule has 0 radical (unpaired) electrons. The molecule has 0 heterocycles. The fourth-order valence-corrected chi connectivity index (χ4v) is 6.50. The van der Waals surface area contributed by atoms with E-state index in [1.807, 2.05) is 0 Å². The van der Waals surface area contributed by atoms with Crippen LogP contribution >= 0.6 is 0 Å². The van der Waals surface area contributed by atoms with E-state index in [1.165, 1.54) is 57.8 Å². The Hall–Kier alpha value is -1.84. The summed E-state index contributed by atoms with van der Waals surface area (Å²) in [6.07, 6.45) is 13.4. The van der Waals surface area contributed by atoms with E-state index >= 15 is 0 Å². The summed E-state index contributed by atoms with van der Waals surface area (Å²) < 4.78 is 11.2. The van der Waals surface area contributed by atoms with Crippen LogP contribution in [0.25, 0.3) is 0 Å². The second-order valence-corrected chi connectivity index (χ2v) is 10.1. The molecule has 4 aliphatic carbocycles. The summed E-state index contributed by atoms with van der Waals surface area (Å²) >= 11 is 0. The average molecular weight is 413 g/mol. The van der Waals surface area contributed by atoms with E-state index in [1.54, 1.807) is 24.3 Å². The molecule has 4 fully saturated rings. The van der Waals surface area contributed by atoms with Crippen LogP contribution in [0.3, 0.4) is 0 Å². The molecule has 0 amide bonds. The average Bonchev–Trinajstić information content (AvgIpc) is 2.73. The molecule has 164 valence electrons. The van der Waals surface area contributed by atoms with Gasteiger partial charge in [-0.25, -0.2) is 9.59 Å². The molecule has 4 heteroatoms. The molecule has 0 unspecified atom stereocenters. The number of hydrogen-bond donors (Lipinski definition) is 0. The molecule has 0 aromatic heterocycles. The zero-order valence-electron chi connectivity index (χ0n) is 18.4.